The predicted molar refractivity (Wildman–Crippen MR) is 108 cm³/mol. The molecular weight excluding hydrogens is 356 g/mol. The Bertz CT molecular complexity index is 529. The summed E-state index contributed by atoms with van der Waals surface area (Å²) in [4.78, 5) is 26.6. The van der Waals surface area contributed by atoms with Gasteiger partial charge in [0.1, 0.15) is 5.41 Å². The maximum Gasteiger partial charge on any atom is 0.236 e. The summed E-state index contributed by atoms with van der Waals surface area (Å²) < 4.78 is 0. The molecule has 0 aromatic carbocycles. The van der Waals surface area contributed by atoms with Gasteiger partial charge in [0.05, 0.1) is 23.3 Å². The van der Waals surface area contributed by atoms with E-state index in [0.29, 0.717) is 38.5 Å². The average Bonchev–Trinajstić information content (AvgIpc) is 3.32. The molecule has 160 valence electrons. The molecule has 0 aromatic rings. The second kappa shape index (κ2) is 8.31. The number of aliphatic hydroxyl groups is 2. The highest BCUT2D eigenvalue weighted by molar-refractivity contribution is 6.05. The first kappa shape index (κ1) is 21.6. The molecule has 2 amide bonds. The Balaban J connectivity index is 1.72. The maximum atomic E-state index is 13.3. The summed E-state index contributed by atoms with van der Waals surface area (Å²) >= 11 is 0. The fourth-order valence-corrected chi connectivity index (χ4v) is 5.49. The van der Waals surface area contributed by atoms with Crippen molar-refractivity contribution in [3.63, 3.8) is 0 Å². The average molecular weight is 395 g/mol. The van der Waals surface area contributed by atoms with Crippen LogP contribution in [-0.2, 0) is 9.59 Å². The second-order valence-corrected chi connectivity index (χ2v) is 9.65. The van der Waals surface area contributed by atoms with E-state index in [1.807, 2.05) is 13.8 Å². The lowest BCUT2D eigenvalue weighted by molar-refractivity contribution is -0.149. The van der Waals surface area contributed by atoms with Crippen molar-refractivity contribution in [2.24, 2.45) is 5.41 Å². The lowest BCUT2D eigenvalue weighted by Crippen LogP contribution is -2.60. The zero-order valence-corrected chi connectivity index (χ0v) is 17.6. The Morgan fingerprint density at radius 3 is 1.32 bits per heavy atom. The minimum absolute atomic E-state index is 0.261. The van der Waals surface area contributed by atoms with Crippen LogP contribution >= 0.6 is 0 Å². The maximum absolute atomic E-state index is 13.3. The molecule has 3 fully saturated rings. The molecule has 2 atom stereocenters. The molecule has 3 rings (SSSR count). The van der Waals surface area contributed by atoms with E-state index >= 15 is 0 Å². The number of carbonyl (C=O) groups excluding carboxylic acids is 2. The van der Waals surface area contributed by atoms with Crippen LogP contribution in [0, 0.1) is 5.41 Å². The molecule has 6 heteroatoms. The van der Waals surface area contributed by atoms with Crippen molar-refractivity contribution in [2.45, 2.75) is 121 Å². The molecule has 3 aliphatic rings. The van der Waals surface area contributed by atoms with Crippen molar-refractivity contribution in [1.82, 2.24) is 10.6 Å². The smallest absolute Gasteiger partial charge is 0.236 e. The summed E-state index contributed by atoms with van der Waals surface area (Å²) in [6.45, 7) is 3.70. The minimum Gasteiger partial charge on any atom is -0.388 e. The zero-order chi connectivity index (χ0) is 20.4. The first-order valence-electron chi connectivity index (χ1n) is 11.3. The third kappa shape index (κ3) is 4.09. The third-order valence-electron chi connectivity index (χ3n) is 7.82. The van der Waals surface area contributed by atoms with Crippen LogP contribution in [0.25, 0.3) is 0 Å². The quantitative estimate of drug-likeness (QED) is 0.520. The molecule has 0 spiro atoms. The van der Waals surface area contributed by atoms with Crippen molar-refractivity contribution < 1.29 is 19.8 Å². The molecule has 0 bridgehead atoms. The van der Waals surface area contributed by atoms with Crippen molar-refractivity contribution in [3.8, 4) is 0 Å². The Hall–Kier alpha value is -1.14. The van der Waals surface area contributed by atoms with E-state index in [0.717, 1.165) is 44.9 Å². The Morgan fingerprint density at radius 1 is 0.643 bits per heavy atom. The van der Waals surface area contributed by atoms with Crippen LogP contribution in [-0.4, -0.2) is 45.3 Å². The summed E-state index contributed by atoms with van der Waals surface area (Å²) in [7, 11) is 0. The highest BCUT2D eigenvalue weighted by Gasteiger charge is 2.50. The molecule has 0 aromatic heterocycles. The van der Waals surface area contributed by atoms with Crippen LogP contribution in [0.15, 0.2) is 0 Å². The topological polar surface area (TPSA) is 98.7 Å². The highest BCUT2D eigenvalue weighted by atomic mass is 16.3. The molecule has 0 heterocycles. The van der Waals surface area contributed by atoms with E-state index in [4.69, 9.17) is 0 Å². The molecular formula is C22H38N2O4. The number of amides is 2. The molecule has 3 saturated carbocycles. The van der Waals surface area contributed by atoms with Crippen molar-refractivity contribution >= 4 is 11.8 Å². The Morgan fingerprint density at radius 2 is 0.964 bits per heavy atom. The molecule has 0 saturated heterocycles. The molecule has 3 aliphatic carbocycles. The van der Waals surface area contributed by atoms with Crippen molar-refractivity contribution in [3.05, 3.63) is 0 Å². The number of nitrogens with one attached hydrogen (secondary N) is 2. The summed E-state index contributed by atoms with van der Waals surface area (Å²) in [6.07, 6.45) is 10.4. The highest BCUT2D eigenvalue weighted by Crippen LogP contribution is 2.39. The summed E-state index contributed by atoms with van der Waals surface area (Å²) in [5, 5.41) is 27.6. The first-order chi connectivity index (χ1) is 13.2. The van der Waals surface area contributed by atoms with E-state index < -0.39 is 16.6 Å². The van der Waals surface area contributed by atoms with Crippen LogP contribution in [0.3, 0.4) is 0 Å². The number of hydrogen-bond acceptors (Lipinski definition) is 4. The van der Waals surface area contributed by atoms with E-state index in [2.05, 4.69) is 10.6 Å². The van der Waals surface area contributed by atoms with Crippen molar-refractivity contribution in [1.29, 1.82) is 0 Å². The lowest BCUT2D eigenvalue weighted by atomic mass is 9.71. The van der Waals surface area contributed by atoms with Gasteiger partial charge in [-0.3, -0.25) is 9.59 Å². The molecule has 4 N–H and O–H groups in total. The van der Waals surface area contributed by atoms with Crippen LogP contribution in [0.5, 0.6) is 0 Å². The van der Waals surface area contributed by atoms with E-state index in [9.17, 15) is 19.8 Å². The molecule has 0 unspecified atom stereocenters. The molecule has 28 heavy (non-hydrogen) atoms. The van der Waals surface area contributed by atoms with Gasteiger partial charge >= 0.3 is 0 Å². The zero-order valence-electron chi connectivity index (χ0n) is 17.6. The SMILES string of the molecule is C[C@@H](NC(=O)C1(C(=O)N[C@H](C)C2(O)CCCC2)CCCCC1)C1(O)CCCC1. The summed E-state index contributed by atoms with van der Waals surface area (Å²) in [5.74, 6) is -0.522. The summed E-state index contributed by atoms with van der Waals surface area (Å²) in [5.41, 5.74) is -2.83. The van der Waals surface area contributed by atoms with Gasteiger partial charge in [0.15, 0.2) is 0 Å². The normalized spacial score (nSPS) is 27.7. The lowest BCUT2D eigenvalue weighted by Gasteiger charge is -2.40. The monoisotopic (exact) mass is 394 g/mol. The fraction of sp³-hybridized carbons (Fsp3) is 0.909. The molecule has 0 aliphatic heterocycles. The molecule has 6 nitrogen and oxygen atoms in total. The Kier molecular flexibility index (Phi) is 6.40. The number of rotatable bonds is 6. The third-order valence-corrected chi connectivity index (χ3v) is 7.82. The van der Waals surface area contributed by atoms with Crippen LogP contribution in [0.2, 0.25) is 0 Å². The van der Waals surface area contributed by atoms with Gasteiger partial charge in [0.25, 0.3) is 0 Å². The van der Waals surface area contributed by atoms with Gasteiger partial charge in [-0.2, -0.15) is 0 Å². The largest absolute Gasteiger partial charge is 0.388 e. The number of carbonyl (C=O) groups is 2. The van der Waals surface area contributed by atoms with E-state index in [1.165, 1.54) is 0 Å². The van der Waals surface area contributed by atoms with Gasteiger partial charge in [-0.25, -0.2) is 0 Å². The first-order valence-corrected chi connectivity index (χ1v) is 11.3. The van der Waals surface area contributed by atoms with Crippen molar-refractivity contribution in [2.75, 3.05) is 0 Å². The van der Waals surface area contributed by atoms with E-state index in [1.54, 1.807) is 0 Å². The van der Waals surface area contributed by atoms with E-state index in [-0.39, 0.29) is 23.9 Å². The molecule has 0 radical (unpaired) electrons. The van der Waals surface area contributed by atoms with Gasteiger partial charge in [0, 0.05) is 0 Å². The number of hydrogen-bond donors (Lipinski definition) is 4. The Labute approximate surface area is 168 Å². The van der Waals surface area contributed by atoms with Gasteiger partial charge in [-0.15, -0.1) is 0 Å². The predicted octanol–water partition coefficient (Wildman–Crippen LogP) is 2.56. The van der Waals surface area contributed by atoms with Crippen LogP contribution < -0.4 is 10.6 Å². The van der Waals surface area contributed by atoms with Gasteiger partial charge in [-0.05, 0) is 52.4 Å². The van der Waals surface area contributed by atoms with Crippen LogP contribution in [0.1, 0.15) is 97.3 Å². The van der Waals surface area contributed by atoms with Gasteiger partial charge < -0.3 is 20.8 Å². The second-order valence-electron chi connectivity index (χ2n) is 9.65. The summed E-state index contributed by atoms with van der Waals surface area (Å²) in [6, 6.07) is -0.740. The fourth-order valence-electron chi connectivity index (χ4n) is 5.49. The van der Waals surface area contributed by atoms with Crippen LogP contribution in [0.4, 0.5) is 0 Å². The van der Waals surface area contributed by atoms with Gasteiger partial charge in [0.2, 0.25) is 11.8 Å². The minimum atomic E-state index is -1.09. The standard InChI is InChI=1S/C22H38N2O4/c1-16(21(27)12-6-7-13-21)23-18(25)20(10-4-3-5-11-20)19(26)24-17(2)22(28)14-8-9-15-22/h16-17,27-28H,3-15H2,1-2H3,(H,23,25)(H,24,26)/t16-,17-/m1/s1. The van der Waals surface area contributed by atoms with Gasteiger partial charge in [-0.1, -0.05) is 44.9 Å².